The number of non-ortho nitro benzene ring substituents is 1. The average molecular weight is 382 g/mol. The summed E-state index contributed by atoms with van der Waals surface area (Å²) in [6, 6.07) is 5.62. The van der Waals surface area contributed by atoms with Crippen LogP contribution in [0.5, 0.6) is 0 Å². The predicted molar refractivity (Wildman–Crippen MR) is 91.4 cm³/mol. The van der Waals surface area contributed by atoms with Gasteiger partial charge in [0.1, 0.15) is 17.7 Å². The van der Waals surface area contributed by atoms with Gasteiger partial charge < -0.3 is 9.29 Å². The number of hydrogen-bond acceptors (Lipinski definition) is 7. The van der Waals surface area contributed by atoms with Gasteiger partial charge in [0.2, 0.25) is 10.1 Å². The summed E-state index contributed by atoms with van der Waals surface area (Å²) in [6.07, 6.45) is 0.314. The Morgan fingerprint density at radius 1 is 1.44 bits per heavy atom. The van der Waals surface area contributed by atoms with Crippen molar-refractivity contribution < 1.29 is 23.8 Å². The molecule has 0 saturated carbocycles. The summed E-state index contributed by atoms with van der Waals surface area (Å²) in [5.74, 6) is -0.558. The molecule has 3 rings (SSSR count). The molecule has 132 valence electrons. The van der Waals surface area contributed by atoms with Crippen LogP contribution in [0.25, 0.3) is 0 Å². The molecule has 0 radical (unpaired) electrons. The Bertz CT molecular complexity index is 764. The molecule has 1 unspecified atom stereocenters. The molecule has 0 N–H and O–H groups in total. The summed E-state index contributed by atoms with van der Waals surface area (Å²) in [5, 5.41) is 10.4. The molecule has 0 aromatic heterocycles. The van der Waals surface area contributed by atoms with Crippen molar-refractivity contribution in [2.75, 3.05) is 5.75 Å². The molecule has 1 aromatic rings. The number of fused-ring (bicyclic) bond motifs is 1. The number of benzene rings is 1. The van der Waals surface area contributed by atoms with E-state index < -0.39 is 22.1 Å². The maximum absolute atomic E-state index is 12.4. The summed E-state index contributed by atoms with van der Waals surface area (Å²) in [5.41, 5.74) is 0.586. The van der Waals surface area contributed by atoms with Gasteiger partial charge in [0.15, 0.2) is 5.70 Å². The summed E-state index contributed by atoms with van der Waals surface area (Å²) >= 11 is -0.0839. The number of carbonyl (C=O) groups excluding carboxylic acids is 2. The normalized spacial score (nSPS) is 20.2. The standard InChI is InChI=1S/C15H14N2O6S2/c1-2-25(22)15-13(16-11(18)7-12(16)24-15)14(19)23-8-9-3-5-10(6-4-9)17(20)21/h3-6,12H,2,7-8H2,1H3/t12-,25?/m1/s1. The zero-order valence-electron chi connectivity index (χ0n) is 13.2. The van der Waals surface area contributed by atoms with Crippen LogP contribution in [0.3, 0.4) is 0 Å². The van der Waals surface area contributed by atoms with Gasteiger partial charge in [0.05, 0.1) is 11.3 Å². The molecule has 2 heterocycles. The van der Waals surface area contributed by atoms with E-state index in [2.05, 4.69) is 0 Å². The Morgan fingerprint density at radius 3 is 2.68 bits per heavy atom. The fourth-order valence-corrected chi connectivity index (χ4v) is 5.30. The van der Waals surface area contributed by atoms with Gasteiger partial charge in [-0.25, -0.2) is 4.79 Å². The molecule has 8 nitrogen and oxygen atoms in total. The van der Waals surface area contributed by atoms with Crippen LogP contribution in [0, 0.1) is 10.1 Å². The van der Waals surface area contributed by atoms with Crippen LogP contribution < -0.4 is 0 Å². The number of ether oxygens (including phenoxy) is 1. The molecular weight excluding hydrogens is 368 g/mol. The van der Waals surface area contributed by atoms with Crippen LogP contribution in [0.4, 0.5) is 5.69 Å². The summed E-state index contributed by atoms with van der Waals surface area (Å²) < 4.78 is 17.8. The first-order valence-electron chi connectivity index (χ1n) is 7.44. The van der Waals surface area contributed by atoms with Crippen LogP contribution in [-0.4, -0.2) is 37.4 Å². The highest BCUT2D eigenvalue weighted by molar-refractivity contribution is 8.19. The van der Waals surface area contributed by atoms with Crippen molar-refractivity contribution in [3.05, 3.63) is 49.9 Å². The molecule has 0 bridgehead atoms. The Balaban J connectivity index is 1.72. The van der Waals surface area contributed by atoms with Crippen molar-refractivity contribution in [3.8, 4) is 0 Å². The SMILES string of the molecule is CC[S+]([O-])C1=C(C(=O)OCc2ccc([N+](=O)[O-])cc2)N2C(=O)C[C@H]2S1. The zero-order valence-corrected chi connectivity index (χ0v) is 14.8. The minimum Gasteiger partial charge on any atom is -0.611 e. The van der Waals surface area contributed by atoms with Crippen LogP contribution in [-0.2, 0) is 32.1 Å². The molecule has 1 saturated heterocycles. The second kappa shape index (κ2) is 7.06. The molecule has 2 aliphatic rings. The maximum Gasteiger partial charge on any atom is 0.361 e. The lowest BCUT2D eigenvalue weighted by molar-refractivity contribution is -0.384. The van der Waals surface area contributed by atoms with Crippen molar-refractivity contribution in [2.24, 2.45) is 0 Å². The molecule has 25 heavy (non-hydrogen) atoms. The summed E-state index contributed by atoms with van der Waals surface area (Å²) in [7, 11) is 0. The monoisotopic (exact) mass is 382 g/mol. The van der Waals surface area contributed by atoms with Gasteiger partial charge in [-0.05, 0) is 47.6 Å². The Morgan fingerprint density at radius 2 is 2.12 bits per heavy atom. The van der Waals surface area contributed by atoms with E-state index in [-0.39, 0.29) is 29.3 Å². The Labute approximate surface area is 150 Å². The molecule has 1 fully saturated rings. The Hall–Kier alpha value is -2.04. The van der Waals surface area contributed by atoms with Crippen molar-refractivity contribution in [1.29, 1.82) is 0 Å². The van der Waals surface area contributed by atoms with Crippen molar-refractivity contribution >= 4 is 40.5 Å². The number of nitro benzene ring substituents is 1. The third-order valence-corrected chi connectivity index (χ3v) is 6.80. The average Bonchev–Trinajstić information content (AvgIpc) is 2.92. The number of amides is 1. The third kappa shape index (κ3) is 3.37. The fourth-order valence-electron chi connectivity index (χ4n) is 2.43. The summed E-state index contributed by atoms with van der Waals surface area (Å²) in [4.78, 5) is 35.7. The van der Waals surface area contributed by atoms with Crippen molar-refractivity contribution in [3.63, 3.8) is 0 Å². The quantitative estimate of drug-likeness (QED) is 0.243. The van der Waals surface area contributed by atoms with Gasteiger partial charge in [0.25, 0.3) is 5.69 Å². The van der Waals surface area contributed by atoms with Gasteiger partial charge in [-0.1, -0.05) is 0 Å². The topological polar surface area (TPSA) is 113 Å². The molecule has 10 heteroatoms. The number of esters is 1. The lowest BCUT2D eigenvalue weighted by Gasteiger charge is -2.33. The van der Waals surface area contributed by atoms with E-state index >= 15 is 0 Å². The van der Waals surface area contributed by atoms with E-state index in [1.54, 1.807) is 6.92 Å². The first-order chi connectivity index (χ1) is 11.9. The molecule has 0 aliphatic carbocycles. The van der Waals surface area contributed by atoms with Crippen molar-refractivity contribution in [1.82, 2.24) is 4.90 Å². The van der Waals surface area contributed by atoms with Gasteiger partial charge in [-0.3, -0.25) is 19.8 Å². The predicted octanol–water partition coefficient (Wildman–Crippen LogP) is 1.88. The minimum atomic E-state index is -1.35. The van der Waals surface area contributed by atoms with Gasteiger partial charge in [-0.2, -0.15) is 0 Å². The number of nitrogens with zero attached hydrogens (tertiary/aromatic N) is 2. The van der Waals surface area contributed by atoms with E-state index in [0.29, 0.717) is 22.0 Å². The number of carbonyl (C=O) groups is 2. The third-order valence-electron chi connectivity index (χ3n) is 3.76. The van der Waals surface area contributed by atoms with Gasteiger partial charge in [-0.15, -0.1) is 0 Å². The van der Waals surface area contributed by atoms with Gasteiger partial charge >= 0.3 is 5.97 Å². The van der Waals surface area contributed by atoms with E-state index in [0.717, 1.165) is 0 Å². The van der Waals surface area contributed by atoms with E-state index in [1.807, 2.05) is 0 Å². The number of hydrogen-bond donors (Lipinski definition) is 0. The highest BCUT2D eigenvalue weighted by Gasteiger charge is 2.52. The lowest BCUT2D eigenvalue weighted by atomic mass is 10.2. The van der Waals surface area contributed by atoms with Crippen LogP contribution in [0.15, 0.2) is 34.2 Å². The first-order valence-corrected chi connectivity index (χ1v) is 9.64. The van der Waals surface area contributed by atoms with Crippen molar-refractivity contribution in [2.45, 2.75) is 25.3 Å². The largest absolute Gasteiger partial charge is 0.611 e. The molecule has 2 atom stereocenters. The minimum absolute atomic E-state index is 0.0559. The smallest absolute Gasteiger partial charge is 0.361 e. The second-order valence-electron chi connectivity index (χ2n) is 5.31. The van der Waals surface area contributed by atoms with Crippen LogP contribution >= 0.6 is 11.8 Å². The second-order valence-corrected chi connectivity index (χ2v) is 8.43. The molecule has 2 aliphatic heterocycles. The molecule has 0 spiro atoms. The summed E-state index contributed by atoms with van der Waals surface area (Å²) in [6.45, 7) is 1.64. The number of nitro groups is 1. The lowest BCUT2D eigenvalue weighted by Crippen LogP contribution is -2.48. The van der Waals surface area contributed by atoms with Crippen LogP contribution in [0.2, 0.25) is 0 Å². The first kappa shape index (κ1) is 17.8. The highest BCUT2D eigenvalue weighted by atomic mass is 32.3. The molecule has 1 amide bonds. The Kier molecular flexibility index (Phi) is 5.02. The molecular formula is C15H14N2O6S2. The highest BCUT2D eigenvalue weighted by Crippen LogP contribution is 2.48. The fraction of sp³-hybridized carbons (Fsp3) is 0.333. The maximum atomic E-state index is 12.4. The van der Waals surface area contributed by atoms with E-state index in [9.17, 15) is 24.3 Å². The van der Waals surface area contributed by atoms with Gasteiger partial charge in [0, 0.05) is 12.1 Å². The number of rotatable bonds is 6. The zero-order chi connectivity index (χ0) is 18.1. The van der Waals surface area contributed by atoms with E-state index in [4.69, 9.17) is 4.74 Å². The number of β-lactam (4-membered cyclic amide) rings is 1. The van der Waals surface area contributed by atoms with E-state index in [1.165, 1.54) is 40.9 Å². The number of thioether (sulfide) groups is 1. The molecule has 1 aromatic carbocycles. The van der Waals surface area contributed by atoms with Crippen LogP contribution in [0.1, 0.15) is 18.9 Å².